The molecule has 0 heterocycles. The number of hydrogen-bond acceptors (Lipinski definition) is 4. The summed E-state index contributed by atoms with van der Waals surface area (Å²) in [6, 6.07) is 18.6. The summed E-state index contributed by atoms with van der Waals surface area (Å²) >= 11 is 6.36. The predicted octanol–water partition coefficient (Wildman–Crippen LogP) is 5.92. The first kappa shape index (κ1) is 22.9. The maximum absolute atomic E-state index is 13.9. The van der Waals surface area contributed by atoms with Crippen molar-refractivity contribution < 1.29 is 18.7 Å². The lowest BCUT2D eigenvalue weighted by Crippen LogP contribution is -2.14. The zero-order valence-corrected chi connectivity index (χ0v) is 18.2. The third kappa shape index (κ3) is 5.45. The van der Waals surface area contributed by atoms with Crippen LogP contribution in [0.4, 0.5) is 10.1 Å². The molecule has 0 radical (unpaired) electrons. The lowest BCUT2D eigenvalue weighted by atomic mass is 10.1. The fraction of sp³-hybridized carbons (Fsp3) is 0.120. The predicted molar refractivity (Wildman–Crippen MR) is 122 cm³/mol. The van der Waals surface area contributed by atoms with Crippen molar-refractivity contribution in [1.29, 1.82) is 5.26 Å². The van der Waals surface area contributed by atoms with Crippen molar-refractivity contribution in [3.05, 3.63) is 93.8 Å². The Morgan fingerprint density at radius 1 is 1.19 bits per heavy atom. The van der Waals surface area contributed by atoms with E-state index in [4.69, 9.17) is 21.1 Å². The van der Waals surface area contributed by atoms with Gasteiger partial charge in [0.2, 0.25) is 0 Å². The second-order valence-electron chi connectivity index (χ2n) is 6.85. The van der Waals surface area contributed by atoms with E-state index in [0.717, 1.165) is 5.56 Å². The molecule has 0 aromatic heterocycles. The van der Waals surface area contributed by atoms with Crippen LogP contribution in [0.15, 0.2) is 66.2 Å². The molecule has 0 bridgehead atoms. The number of rotatable bonds is 7. The molecule has 0 aliphatic rings. The van der Waals surface area contributed by atoms with E-state index in [1.54, 1.807) is 42.5 Å². The van der Waals surface area contributed by atoms with Gasteiger partial charge in [0.05, 0.1) is 12.1 Å². The normalized spacial score (nSPS) is 10.9. The van der Waals surface area contributed by atoms with Crippen molar-refractivity contribution in [3.8, 4) is 17.6 Å². The zero-order valence-electron chi connectivity index (χ0n) is 17.5. The van der Waals surface area contributed by atoms with Gasteiger partial charge < -0.3 is 14.8 Å². The number of hydrogen-bond donors (Lipinski definition) is 1. The Balaban J connectivity index is 1.84. The largest absolute Gasteiger partial charge is 0.493 e. The molecule has 0 aliphatic heterocycles. The SMILES string of the molecule is COc1cc(/C=C(/C#N)C(=O)Nc2ccccc2C)cc(Cl)c1OCc1ccccc1F. The van der Waals surface area contributed by atoms with Crippen LogP contribution in [0.2, 0.25) is 5.02 Å². The van der Waals surface area contributed by atoms with Gasteiger partial charge in [-0.15, -0.1) is 0 Å². The van der Waals surface area contributed by atoms with Crippen LogP contribution in [0.25, 0.3) is 6.08 Å². The average molecular weight is 451 g/mol. The molecule has 0 fully saturated rings. The number of amides is 1. The molecule has 3 rings (SSSR count). The quantitative estimate of drug-likeness (QED) is 0.358. The van der Waals surface area contributed by atoms with Crippen LogP contribution in [0.5, 0.6) is 11.5 Å². The fourth-order valence-electron chi connectivity index (χ4n) is 2.95. The van der Waals surface area contributed by atoms with Crippen LogP contribution < -0.4 is 14.8 Å². The van der Waals surface area contributed by atoms with Gasteiger partial charge in [0, 0.05) is 11.3 Å². The van der Waals surface area contributed by atoms with Gasteiger partial charge in [0.25, 0.3) is 5.91 Å². The molecule has 1 amide bonds. The van der Waals surface area contributed by atoms with E-state index in [9.17, 15) is 14.4 Å². The summed E-state index contributed by atoms with van der Waals surface area (Å²) in [7, 11) is 1.44. The molecule has 7 heteroatoms. The van der Waals surface area contributed by atoms with Gasteiger partial charge in [0.15, 0.2) is 11.5 Å². The smallest absolute Gasteiger partial charge is 0.266 e. The van der Waals surface area contributed by atoms with Crippen LogP contribution in [0.3, 0.4) is 0 Å². The summed E-state index contributed by atoms with van der Waals surface area (Å²) < 4.78 is 24.9. The van der Waals surface area contributed by atoms with E-state index in [0.29, 0.717) is 16.8 Å². The summed E-state index contributed by atoms with van der Waals surface area (Å²) in [5.74, 6) is -0.411. The number of halogens is 2. The number of nitriles is 1. The third-order valence-electron chi connectivity index (χ3n) is 4.65. The number of carbonyl (C=O) groups excluding carboxylic acids is 1. The standard InChI is InChI=1S/C25H20ClFN2O3/c1-16-7-3-6-10-22(16)29-25(30)19(14-28)11-17-12-20(26)24(23(13-17)31-2)32-15-18-8-4-5-9-21(18)27/h3-13H,15H2,1-2H3,(H,29,30)/b19-11-. The number of anilines is 1. The lowest BCUT2D eigenvalue weighted by Gasteiger charge is -2.14. The van der Waals surface area contributed by atoms with Crippen molar-refractivity contribution in [3.63, 3.8) is 0 Å². The minimum atomic E-state index is -0.545. The summed E-state index contributed by atoms with van der Waals surface area (Å²) in [6.45, 7) is 1.82. The van der Waals surface area contributed by atoms with Crippen molar-refractivity contribution in [2.24, 2.45) is 0 Å². The van der Waals surface area contributed by atoms with E-state index >= 15 is 0 Å². The molecule has 0 spiro atoms. The molecule has 1 N–H and O–H groups in total. The van der Waals surface area contributed by atoms with Gasteiger partial charge in [0.1, 0.15) is 24.1 Å². The summed E-state index contributed by atoms with van der Waals surface area (Å²) in [5, 5.41) is 12.4. The topological polar surface area (TPSA) is 71.3 Å². The molecule has 5 nitrogen and oxygen atoms in total. The maximum atomic E-state index is 13.9. The van der Waals surface area contributed by atoms with E-state index in [2.05, 4.69) is 5.32 Å². The highest BCUT2D eigenvalue weighted by Gasteiger charge is 2.15. The van der Waals surface area contributed by atoms with E-state index in [1.165, 1.54) is 19.3 Å². The second kappa shape index (κ2) is 10.5. The number of methoxy groups -OCH3 is 1. The van der Waals surface area contributed by atoms with E-state index < -0.39 is 5.91 Å². The summed E-state index contributed by atoms with van der Waals surface area (Å²) in [4.78, 5) is 12.6. The van der Waals surface area contributed by atoms with Gasteiger partial charge in [-0.05, 0) is 48.4 Å². The fourth-order valence-corrected chi connectivity index (χ4v) is 3.22. The Kier molecular flexibility index (Phi) is 7.48. The highest BCUT2D eigenvalue weighted by atomic mass is 35.5. The monoisotopic (exact) mass is 450 g/mol. The first-order valence-corrected chi connectivity index (χ1v) is 10.0. The molecular weight excluding hydrogens is 431 g/mol. The van der Waals surface area contributed by atoms with Crippen molar-refractivity contribution >= 4 is 29.3 Å². The van der Waals surface area contributed by atoms with E-state index in [1.807, 2.05) is 25.1 Å². The molecule has 0 saturated carbocycles. The van der Waals surface area contributed by atoms with Gasteiger partial charge in [-0.2, -0.15) is 5.26 Å². The van der Waals surface area contributed by atoms with Crippen LogP contribution >= 0.6 is 11.6 Å². The first-order chi connectivity index (χ1) is 15.4. The number of para-hydroxylation sites is 1. The minimum Gasteiger partial charge on any atom is -0.493 e. The number of aryl methyl sites for hydroxylation is 1. The van der Waals surface area contributed by atoms with Crippen LogP contribution in [-0.2, 0) is 11.4 Å². The van der Waals surface area contributed by atoms with Gasteiger partial charge >= 0.3 is 0 Å². The maximum Gasteiger partial charge on any atom is 0.266 e. The molecule has 162 valence electrons. The number of nitrogens with one attached hydrogen (secondary N) is 1. The molecule has 32 heavy (non-hydrogen) atoms. The Labute approximate surface area is 190 Å². The lowest BCUT2D eigenvalue weighted by molar-refractivity contribution is -0.112. The molecule has 0 unspecified atom stereocenters. The highest BCUT2D eigenvalue weighted by molar-refractivity contribution is 6.32. The average Bonchev–Trinajstić information content (AvgIpc) is 2.78. The Bertz CT molecular complexity index is 1220. The number of carbonyl (C=O) groups is 1. The third-order valence-corrected chi connectivity index (χ3v) is 4.93. The van der Waals surface area contributed by atoms with Gasteiger partial charge in [-0.25, -0.2) is 4.39 Å². The van der Waals surface area contributed by atoms with Crippen molar-refractivity contribution in [2.75, 3.05) is 12.4 Å². The van der Waals surface area contributed by atoms with Gasteiger partial charge in [-0.3, -0.25) is 4.79 Å². The molecule has 3 aromatic rings. The number of ether oxygens (including phenoxy) is 2. The summed E-state index contributed by atoms with van der Waals surface area (Å²) in [5.41, 5.74) is 2.23. The Morgan fingerprint density at radius 2 is 1.91 bits per heavy atom. The molecule has 0 aliphatic carbocycles. The number of nitrogens with zero attached hydrogens (tertiary/aromatic N) is 1. The Morgan fingerprint density at radius 3 is 2.59 bits per heavy atom. The number of benzene rings is 3. The molecule has 0 atom stereocenters. The summed E-state index contributed by atoms with van der Waals surface area (Å²) in [6.07, 6.45) is 1.41. The van der Waals surface area contributed by atoms with Crippen LogP contribution in [0.1, 0.15) is 16.7 Å². The first-order valence-electron chi connectivity index (χ1n) is 9.65. The highest BCUT2D eigenvalue weighted by Crippen LogP contribution is 2.37. The zero-order chi connectivity index (χ0) is 23.1. The van der Waals surface area contributed by atoms with E-state index in [-0.39, 0.29) is 34.5 Å². The van der Waals surface area contributed by atoms with Crippen LogP contribution in [-0.4, -0.2) is 13.0 Å². The van der Waals surface area contributed by atoms with Crippen LogP contribution in [0, 0.1) is 24.1 Å². The Hall–Kier alpha value is -3.82. The van der Waals surface area contributed by atoms with Gasteiger partial charge in [-0.1, -0.05) is 48.0 Å². The second-order valence-corrected chi connectivity index (χ2v) is 7.26. The minimum absolute atomic E-state index is 0.0415. The molecule has 3 aromatic carbocycles. The van der Waals surface area contributed by atoms with Crippen molar-refractivity contribution in [1.82, 2.24) is 0 Å². The molecular formula is C25H20ClFN2O3. The molecule has 0 saturated heterocycles. The van der Waals surface area contributed by atoms with Crippen molar-refractivity contribution in [2.45, 2.75) is 13.5 Å².